The van der Waals surface area contributed by atoms with Gasteiger partial charge in [0.05, 0.1) is 25.4 Å². The highest BCUT2D eigenvalue weighted by atomic mass is 32.1. The third kappa shape index (κ3) is 5.01. The predicted molar refractivity (Wildman–Crippen MR) is 127 cm³/mol. The van der Waals surface area contributed by atoms with Crippen LogP contribution in [0.4, 0.5) is 5.00 Å². The van der Waals surface area contributed by atoms with Gasteiger partial charge in [0.25, 0.3) is 11.8 Å². The molecule has 2 N–H and O–H groups in total. The smallest absolute Gasteiger partial charge is 0.256 e. The molecule has 1 unspecified atom stereocenters. The lowest BCUT2D eigenvalue weighted by molar-refractivity contribution is 0.0963. The number of carbonyl (C=O) groups is 2. The first-order chi connectivity index (χ1) is 15.4. The Balaban J connectivity index is 1.99. The van der Waals surface area contributed by atoms with Crippen molar-refractivity contribution in [1.82, 2.24) is 5.32 Å². The Labute approximate surface area is 193 Å². The molecule has 0 radical (unpaired) electrons. The topological polar surface area (TPSA) is 85.9 Å². The average Bonchev–Trinajstić information content (AvgIpc) is 3.12. The molecule has 2 amide bonds. The Morgan fingerprint density at radius 2 is 1.66 bits per heavy atom. The zero-order valence-corrected chi connectivity index (χ0v) is 20.2. The molecule has 0 saturated heterocycles. The lowest BCUT2D eigenvalue weighted by Crippen LogP contribution is -2.22. The van der Waals surface area contributed by atoms with Crippen LogP contribution in [0.3, 0.4) is 0 Å². The van der Waals surface area contributed by atoms with E-state index in [1.54, 1.807) is 19.2 Å². The van der Waals surface area contributed by atoms with Crippen molar-refractivity contribution >= 4 is 28.2 Å². The Bertz CT molecular complexity index is 958. The monoisotopic (exact) mass is 460 g/mol. The van der Waals surface area contributed by atoms with Gasteiger partial charge < -0.3 is 24.8 Å². The van der Waals surface area contributed by atoms with Crippen LogP contribution in [0.5, 0.6) is 17.2 Å². The third-order valence-corrected chi connectivity index (χ3v) is 6.53. The number of amides is 2. The van der Waals surface area contributed by atoms with Gasteiger partial charge >= 0.3 is 0 Å². The second kappa shape index (κ2) is 10.7. The summed E-state index contributed by atoms with van der Waals surface area (Å²) in [4.78, 5) is 27.1. The Morgan fingerprint density at radius 3 is 2.22 bits per heavy atom. The van der Waals surface area contributed by atoms with Gasteiger partial charge in [-0.25, -0.2) is 0 Å². The molecule has 1 aromatic carbocycles. The zero-order valence-electron chi connectivity index (χ0n) is 19.4. The van der Waals surface area contributed by atoms with Crippen LogP contribution in [0, 0.1) is 5.92 Å². The van der Waals surface area contributed by atoms with Crippen LogP contribution in [-0.2, 0) is 12.8 Å². The van der Waals surface area contributed by atoms with Crippen LogP contribution in [0.15, 0.2) is 12.1 Å². The molecule has 0 aliphatic heterocycles. The van der Waals surface area contributed by atoms with Gasteiger partial charge in [0.15, 0.2) is 11.5 Å². The summed E-state index contributed by atoms with van der Waals surface area (Å²) in [5, 5.41) is 6.27. The summed E-state index contributed by atoms with van der Waals surface area (Å²) in [6.07, 6.45) is 2.80. The number of benzene rings is 1. The van der Waals surface area contributed by atoms with Gasteiger partial charge in [-0.2, -0.15) is 0 Å². The lowest BCUT2D eigenvalue weighted by atomic mass is 9.88. The second-order valence-corrected chi connectivity index (χ2v) is 8.79. The van der Waals surface area contributed by atoms with E-state index in [-0.39, 0.29) is 11.8 Å². The van der Waals surface area contributed by atoms with Crippen molar-refractivity contribution < 1.29 is 23.8 Å². The van der Waals surface area contributed by atoms with Gasteiger partial charge in [-0.1, -0.05) is 6.92 Å². The van der Waals surface area contributed by atoms with E-state index in [0.29, 0.717) is 59.1 Å². The molecule has 0 spiro atoms. The molecule has 1 aliphatic carbocycles. The maximum absolute atomic E-state index is 13.2. The zero-order chi connectivity index (χ0) is 23.3. The van der Waals surface area contributed by atoms with Gasteiger partial charge in [-0.3, -0.25) is 9.59 Å². The normalized spacial score (nSPS) is 15.0. The fraction of sp³-hybridized carbons (Fsp3) is 0.500. The van der Waals surface area contributed by atoms with Crippen LogP contribution in [0.1, 0.15) is 65.3 Å². The largest absolute Gasteiger partial charge is 0.490 e. The summed E-state index contributed by atoms with van der Waals surface area (Å²) in [6.45, 7) is 9.13. The number of anilines is 1. The minimum atomic E-state index is -0.327. The summed E-state index contributed by atoms with van der Waals surface area (Å²) in [5.41, 5.74) is 2.01. The fourth-order valence-corrected chi connectivity index (χ4v) is 5.30. The van der Waals surface area contributed by atoms with E-state index in [1.807, 2.05) is 20.8 Å². The number of hydrogen-bond acceptors (Lipinski definition) is 6. The van der Waals surface area contributed by atoms with Crippen molar-refractivity contribution in [3.05, 3.63) is 33.7 Å². The number of nitrogens with one attached hydrogen (secondary N) is 2. The van der Waals surface area contributed by atoms with E-state index in [9.17, 15) is 9.59 Å². The molecular weight excluding hydrogens is 428 g/mol. The van der Waals surface area contributed by atoms with Crippen molar-refractivity contribution in [2.24, 2.45) is 5.92 Å². The molecule has 1 aliphatic rings. The minimum absolute atomic E-state index is 0.177. The summed E-state index contributed by atoms with van der Waals surface area (Å²) >= 11 is 1.49. The van der Waals surface area contributed by atoms with E-state index >= 15 is 0 Å². The molecular formula is C24H32N2O5S. The fourth-order valence-electron chi connectivity index (χ4n) is 3.90. The number of carbonyl (C=O) groups excluding carboxylic acids is 2. The molecule has 8 heteroatoms. The second-order valence-electron chi connectivity index (χ2n) is 7.69. The van der Waals surface area contributed by atoms with Crippen LogP contribution in [0.25, 0.3) is 0 Å². The van der Waals surface area contributed by atoms with E-state index in [2.05, 4.69) is 17.6 Å². The van der Waals surface area contributed by atoms with Crippen LogP contribution < -0.4 is 24.8 Å². The van der Waals surface area contributed by atoms with Crippen molar-refractivity contribution in [3.8, 4) is 17.2 Å². The number of rotatable bonds is 9. The summed E-state index contributed by atoms with van der Waals surface area (Å²) in [5.74, 6) is 1.46. The predicted octanol–water partition coefficient (Wildman–Crippen LogP) is 4.68. The summed E-state index contributed by atoms with van der Waals surface area (Å²) in [7, 11) is 1.61. The number of fused-ring (bicyclic) bond motifs is 1. The maximum Gasteiger partial charge on any atom is 0.256 e. The van der Waals surface area contributed by atoms with E-state index < -0.39 is 0 Å². The first-order valence-corrected chi connectivity index (χ1v) is 12.0. The van der Waals surface area contributed by atoms with E-state index in [1.165, 1.54) is 16.2 Å². The quantitative estimate of drug-likeness (QED) is 0.567. The molecule has 0 bridgehead atoms. The van der Waals surface area contributed by atoms with Crippen molar-refractivity contribution in [2.75, 3.05) is 32.2 Å². The molecule has 2 aromatic rings. The van der Waals surface area contributed by atoms with Gasteiger partial charge in [0.2, 0.25) is 5.75 Å². The molecule has 7 nitrogen and oxygen atoms in total. The molecule has 1 atom stereocenters. The number of ether oxygens (including phenoxy) is 3. The Hall–Kier alpha value is -2.74. The maximum atomic E-state index is 13.2. The standard InChI is InChI=1S/C24H32N2O5S/c1-6-29-17-12-15(13-18(30-7-2)21(17)31-8-3)22(27)26-24-20(23(28)25-5)16-10-9-14(4)11-19(16)32-24/h12-14H,6-11H2,1-5H3,(H,25,28)(H,26,27). The highest BCUT2D eigenvalue weighted by Gasteiger charge is 2.28. The van der Waals surface area contributed by atoms with Gasteiger partial charge in [-0.05, 0) is 63.6 Å². The molecule has 0 saturated carbocycles. The lowest BCUT2D eigenvalue weighted by Gasteiger charge is -2.18. The Kier molecular flexibility index (Phi) is 8.01. The third-order valence-electron chi connectivity index (χ3n) is 5.36. The van der Waals surface area contributed by atoms with Crippen LogP contribution in [-0.4, -0.2) is 38.7 Å². The van der Waals surface area contributed by atoms with Crippen LogP contribution >= 0.6 is 11.3 Å². The van der Waals surface area contributed by atoms with Crippen LogP contribution in [0.2, 0.25) is 0 Å². The number of hydrogen-bond donors (Lipinski definition) is 2. The van der Waals surface area contributed by atoms with Gasteiger partial charge in [-0.15, -0.1) is 11.3 Å². The van der Waals surface area contributed by atoms with E-state index in [4.69, 9.17) is 14.2 Å². The van der Waals surface area contributed by atoms with Gasteiger partial charge in [0, 0.05) is 17.5 Å². The summed E-state index contributed by atoms with van der Waals surface area (Å²) in [6, 6.07) is 3.31. The molecule has 1 aromatic heterocycles. The summed E-state index contributed by atoms with van der Waals surface area (Å²) < 4.78 is 17.2. The van der Waals surface area contributed by atoms with Crippen molar-refractivity contribution in [3.63, 3.8) is 0 Å². The molecule has 174 valence electrons. The van der Waals surface area contributed by atoms with E-state index in [0.717, 1.165) is 24.8 Å². The Morgan fingerprint density at radius 1 is 1.03 bits per heavy atom. The average molecular weight is 461 g/mol. The molecule has 32 heavy (non-hydrogen) atoms. The highest BCUT2D eigenvalue weighted by molar-refractivity contribution is 7.17. The number of thiophene rings is 1. The molecule has 3 rings (SSSR count). The first-order valence-electron chi connectivity index (χ1n) is 11.2. The van der Waals surface area contributed by atoms with Crippen molar-refractivity contribution in [1.29, 1.82) is 0 Å². The minimum Gasteiger partial charge on any atom is -0.490 e. The van der Waals surface area contributed by atoms with Gasteiger partial charge in [0.1, 0.15) is 5.00 Å². The SMILES string of the molecule is CCOc1cc(C(=O)Nc2sc3c(c2C(=O)NC)CCC(C)C3)cc(OCC)c1OCC. The first kappa shape index (κ1) is 23.9. The molecule has 1 heterocycles. The van der Waals surface area contributed by atoms with Crippen molar-refractivity contribution in [2.45, 2.75) is 47.0 Å². The molecule has 0 fully saturated rings. The highest BCUT2D eigenvalue weighted by Crippen LogP contribution is 2.41.